The smallest absolute Gasteiger partial charge is 0.323 e. The number of carbonyl (C=O) groups is 2. The van der Waals surface area contributed by atoms with Gasteiger partial charge in [-0.15, -0.1) is 0 Å². The lowest BCUT2D eigenvalue weighted by Gasteiger charge is -2.14. The van der Waals surface area contributed by atoms with Crippen molar-refractivity contribution >= 4 is 45.9 Å². The molecular weight excluding hydrogens is 436 g/mol. The molecule has 2 amide bonds. The molecule has 1 aromatic heterocycles. The van der Waals surface area contributed by atoms with Crippen LogP contribution in [-0.2, 0) is 11.3 Å². The average molecular weight is 463 g/mol. The highest BCUT2D eigenvalue weighted by molar-refractivity contribution is 6.07. The van der Waals surface area contributed by atoms with E-state index in [9.17, 15) is 14.4 Å². The number of aromatic nitrogens is 2. The molecule has 0 atom stereocenters. The summed E-state index contributed by atoms with van der Waals surface area (Å²) in [4.78, 5) is 41.9. The van der Waals surface area contributed by atoms with Gasteiger partial charge < -0.3 is 26.1 Å². The first-order valence-electron chi connectivity index (χ1n) is 10.5. The van der Waals surface area contributed by atoms with Crippen LogP contribution in [0.1, 0.15) is 23.1 Å². The van der Waals surface area contributed by atoms with Crippen molar-refractivity contribution in [1.82, 2.24) is 14.9 Å². The zero-order valence-electron chi connectivity index (χ0n) is 19.1. The molecule has 10 nitrogen and oxygen atoms in total. The number of rotatable bonds is 9. The van der Waals surface area contributed by atoms with Crippen molar-refractivity contribution in [3.05, 3.63) is 70.4 Å². The SMILES string of the molecule is CN/C=C(\C=N)c1nc2ccc(NC(=O)Nc3cccc(C(C)=O)c3)cc2c(=O)n1CCOC. The first kappa shape index (κ1) is 24.3. The van der Waals surface area contributed by atoms with Crippen LogP contribution < -0.4 is 21.5 Å². The Hall–Kier alpha value is -4.31. The number of methoxy groups -OCH3 is 1. The number of Topliss-reactive ketones (excluding diaryl/α,β-unsaturated/α-hetero) is 1. The molecule has 0 saturated heterocycles. The van der Waals surface area contributed by atoms with E-state index in [1.54, 1.807) is 55.7 Å². The van der Waals surface area contributed by atoms with E-state index in [-0.39, 0.29) is 24.5 Å². The van der Waals surface area contributed by atoms with E-state index >= 15 is 0 Å². The van der Waals surface area contributed by atoms with Gasteiger partial charge in [-0.3, -0.25) is 14.2 Å². The standard InChI is InChI=1S/C24H26N6O4/c1-15(31)16-5-4-6-18(11-16)27-24(33)28-19-7-8-21-20(12-19)23(32)30(9-10-34-3)22(29-21)17(13-25)14-26-2/h4-8,11-14,25-26H,9-10H2,1-3H3,(H2,27,28,33)/b17-14+,25-13?. The van der Waals surface area contributed by atoms with E-state index in [2.05, 4.69) is 20.9 Å². The Morgan fingerprint density at radius 3 is 2.53 bits per heavy atom. The van der Waals surface area contributed by atoms with Crippen LogP contribution in [-0.4, -0.2) is 48.3 Å². The maximum absolute atomic E-state index is 13.3. The Morgan fingerprint density at radius 1 is 1.15 bits per heavy atom. The van der Waals surface area contributed by atoms with E-state index in [0.717, 1.165) is 6.21 Å². The van der Waals surface area contributed by atoms with Crippen molar-refractivity contribution in [2.75, 3.05) is 31.4 Å². The zero-order chi connectivity index (χ0) is 24.7. The van der Waals surface area contributed by atoms with Gasteiger partial charge in [-0.05, 0) is 37.3 Å². The second-order valence-corrected chi connectivity index (χ2v) is 7.37. The van der Waals surface area contributed by atoms with Crippen LogP contribution in [0.4, 0.5) is 16.2 Å². The number of fused-ring (bicyclic) bond motifs is 1. The molecule has 0 radical (unpaired) electrons. The van der Waals surface area contributed by atoms with Crippen molar-refractivity contribution < 1.29 is 14.3 Å². The van der Waals surface area contributed by atoms with E-state index < -0.39 is 6.03 Å². The molecule has 34 heavy (non-hydrogen) atoms. The van der Waals surface area contributed by atoms with Crippen molar-refractivity contribution in [1.29, 1.82) is 5.41 Å². The molecule has 0 bridgehead atoms. The van der Waals surface area contributed by atoms with E-state index in [1.165, 1.54) is 18.6 Å². The second-order valence-electron chi connectivity index (χ2n) is 7.37. The topological polar surface area (TPSA) is 138 Å². The van der Waals surface area contributed by atoms with Gasteiger partial charge in [0.1, 0.15) is 5.82 Å². The Labute approximate surface area is 196 Å². The van der Waals surface area contributed by atoms with Crippen LogP contribution in [0.25, 0.3) is 16.5 Å². The minimum atomic E-state index is -0.521. The fourth-order valence-corrected chi connectivity index (χ4v) is 3.34. The molecule has 3 rings (SSSR count). The van der Waals surface area contributed by atoms with E-state index in [1.807, 2.05) is 0 Å². The van der Waals surface area contributed by atoms with Crippen LogP contribution in [0.5, 0.6) is 0 Å². The molecule has 0 spiro atoms. The summed E-state index contributed by atoms with van der Waals surface area (Å²) in [6.07, 6.45) is 2.71. The first-order valence-corrected chi connectivity index (χ1v) is 10.5. The molecule has 4 N–H and O–H groups in total. The Balaban J connectivity index is 1.94. The highest BCUT2D eigenvalue weighted by Crippen LogP contribution is 2.19. The quantitative estimate of drug-likeness (QED) is 0.285. The first-order chi connectivity index (χ1) is 16.4. The molecule has 0 aliphatic heterocycles. The predicted molar refractivity (Wildman–Crippen MR) is 133 cm³/mol. The fourth-order valence-electron chi connectivity index (χ4n) is 3.34. The van der Waals surface area contributed by atoms with Gasteiger partial charge in [-0.1, -0.05) is 12.1 Å². The molecule has 2 aromatic carbocycles. The third-order valence-electron chi connectivity index (χ3n) is 4.97. The van der Waals surface area contributed by atoms with Gasteiger partial charge in [0.25, 0.3) is 5.56 Å². The number of allylic oxidation sites excluding steroid dienone is 1. The molecule has 3 aromatic rings. The van der Waals surface area contributed by atoms with Crippen molar-refractivity contribution in [2.45, 2.75) is 13.5 Å². The minimum absolute atomic E-state index is 0.106. The van der Waals surface area contributed by atoms with Gasteiger partial charge in [0.15, 0.2) is 5.78 Å². The van der Waals surface area contributed by atoms with Crippen molar-refractivity contribution in [2.24, 2.45) is 0 Å². The summed E-state index contributed by atoms with van der Waals surface area (Å²) < 4.78 is 6.57. The van der Waals surface area contributed by atoms with Crippen LogP contribution in [0.3, 0.4) is 0 Å². The highest BCUT2D eigenvalue weighted by atomic mass is 16.5. The highest BCUT2D eigenvalue weighted by Gasteiger charge is 2.15. The lowest BCUT2D eigenvalue weighted by Crippen LogP contribution is -2.27. The summed E-state index contributed by atoms with van der Waals surface area (Å²) in [6, 6.07) is 10.9. The second kappa shape index (κ2) is 11.0. The third kappa shape index (κ3) is 5.54. The number of nitrogens with one attached hydrogen (secondary N) is 4. The van der Waals surface area contributed by atoms with Crippen molar-refractivity contribution in [3.8, 4) is 0 Å². The molecule has 0 aliphatic rings. The number of ether oxygens (including phenoxy) is 1. The Kier molecular flexibility index (Phi) is 7.88. The number of anilines is 2. The number of hydrogen-bond acceptors (Lipinski definition) is 7. The largest absolute Gasteiger partial charge is 0.393 e. The molecule has 176 valence electrons. The average Bonchev–Trinajstić information content (AvgIpc) is 2.82. The van der Waals surface area contributed by atoms with E-state index in [4.69, 9.17) is 10.1 Å². The van der Waals surface area contributed by atoms with Crippen LogP contribution in [0.2, 0.25) is 0 Å². The summed E-state index contributed by atoms with van der Waals surface area (Å²) in [5.74, 6) is 0.230. The summed E-state index contributed by atoms with van der Waals surface area (Å²) in [6.45, 7) is 1.98. The number of nitrogens with zero attached hydrogens (tertiary/aromatic N) is 2. The van der Waals surface area contributed by atoms with E-state index in [0.29, 0.717) is 39.2 Å². The lowest BCUT2D eigenvalue weighted by atomic mass is 10.1. The molecule has 0 unspecified atom stereocenters. The molecule has 10 heteroatoms. The van der Waals surface area contributed by atoms with Crippen LogP contribution in [0, 0.1) is 5.41 Å². The van der Waals surface area contributed by atoms with Gasteiger partial charge in [0.05, 0.1) is 29.6 Å². The molecule has 0 saturated carbocycles. The molecule has 1 heterocycles. The lowest BCUT2D eigenvalue weighted by molar-refractivity contribution is 0.101. The monoisotopic (exact) mass is 462 g/mol. The van der Waals surface area contributed by atoms with Crippen molar-refractivity contribution in [3.63, 3.8) is 0 Å². The normalized spacial score (nSPS) is 11.2. The Morgan fingerprint density at radius 2 is 1.88 bits per heavy atom. The zero-order valence-corrected chi connectivity index (χ0v) is 19.1. The number of amides is 2. The summed E-state index contributed by atoms with van der Waals surface area (Å²) in [5, 5.41) is 16.2. The minimum Gasteiger partial charge on any atom is -0.393 e. The predicted octanol–water partition coefficient (Wildman–Crippen LogP) is 3.10. The number of carbonyl (C=O) groups excluding carboxylic acids is 2. The molecular formula is C24H26N6O4. The summed E-state index contributed by atoms with van der Waals surface area (Å²) in [5.41, 5.74) is 1.90. The van der Waals surface area contributed by atoms with Crippen LogP contribution in [0.15, 0.2) is 53.5 Å². The third-order valence-corrected chi connectivity index (χ3v) is 4.97. The number of ketones is 1. The van der Waals surface area contributed by atoms with Gasteiger partial charge in [0, 0.05) is 43.5 Å². The molecule has 0 fully saturated rings. The number of hydrogen-bond donors (Lipinski definition) is 4. The maximum atomic E-state index is 13.3. The van der Waals surface area contributed by atoms with Crippen LogP contribution >= 0.6 is 0 Å². The number of urea groups is 1. The summed E-state index contributed by atoms with van der Waals surface area (Å²) in [7, 11) is 3.23. The van der Waals surface area contributed by atoms with Gasteiger partial charge in [-0.2, -0.15) is 0 Å². The number of benzene rings is 2. The fraction of sp³-hybridized carbons (Fsp3) is 0.208. The van der Waals surface area contributed by atoms with Gasteiger partial charge in [0.2, 0.25) is 0 Å². The van der Waals surface area contributed by atoms with Gasteiger partial charge in [-0.25, -0.2) is 9.78 Å². The maximum Gasteiger partial charge on any atom is 0.323 e. The van der Waals surface area contributed by atoms with Gasteiger partial charge >= 0.3 is 6.03 Å². The molecule has 0 aliphatic carbocycles. The summed E-state index contributed by atoms with van der Waals surface area (Å²) >= 11 is 0. The Bertz CT molecular complexity index is 1330.